The Morgan fingerprint density at radius 3 is 2.58 bits per heavy atom. The summed E-state index contributed by atoms with van der Waals surface area (Å²) in [5, 5.41) is 13.9. The first-order chi connectivity index (χ1) is 11.5. The van der Waals surface area contributed by atoms with Crippen LogP contribution in [-0.2, 0) is 0 Å². The van der Waals surface area contributed by atoms with Crippen LogP contribution in [0.4, 0.5) is 5.69 Å². The van der Waals surface area contributed by atoms with Gasteiger partial charge in [0.1, 0.15) is 0 Å². The molecular formula is C18H21N3O3. The van der Waals surface area contributed by atoms with Crippen molar-refractivity contribution in [1.82, 2.24) is 5.43 Å². The molecule has 0 aliphatic rings. The highest BCUT2D eigenvalue weighted by Gasteiger charge is 2.07. The molecule has 0 radical (unpaired) electrons. The van der Waals surface area contributed by atoms with Gasteiger partial charge in [0.05, 0.1) is 12.8 Å². The smallest absolute Gasteiger partial charge is 0.271 e. The molecule has 2 aromatic carbocycles. The summed E-state index contributed by atoms with van der Waals surface area (Å²) in [5.74, 6) is 0.0525. The van der Waals surface area contributed by atoms with Gasteiger partial charge in [-0.1, -0.05) is 6.07 Å². The number of hydrogen-bond acceptors (Lipinski definition) is 5. The molecule has 0 heterocycles. The molecule has 0 atom stereocenters. The number of phenolic OH excluding ortho intramolecular Hbond substituents is 1. The van der Waals surface area contributed by atoms with Gasteiger partial charge in [-0.2, -0.15) is 5.10 Å². The van der Waals surface area contributed by atoms with E-state index in [-0.39, 0.29) is 11.7 Å². The molecule has 0 bridgehead atoms. The van der Waals surface area contributed by atoms with Crippen LogP contribution in [0.5, 0.6) is 11.5 Å². The Labute approximate surface area is 141 Å². The van der Waals surface area contributed by atoms with Gasteiger partial charge in [-0.3, -0.25) is 4.79 Å². The predicted molar refractivity (Wildman–Crippen MR) is 95.1 cm³/mol. The van der Waals surface area contributed by atoms with E-state index < -0.39 is 0 Å². The molecule has 0 aromatic heterocycles. The summed E-state index contributed by atoms with van der Waals surface area (Å²) in [5.41, 5.74) is 4.41. The second-order valence-electron chi connectivity index (χ2n) is 5.27. The Kier molecular flexibility index (Phi) is 5.78. The van der Waals surface area contributed by atoms with Crippen LogP contribution >= 0.6 is 0 Å². The third kappa shape index (κ3) is 4.25. The average molecular weight is 327 g/mol. The number of nitrogens with one attached hydrogen (secondary N) is 1. The normalized spacial score (nSPS) is 10.6. The lowest BCUT2D eigenvalue weighted by atomic mass is 10.2. The number of hydrogen-bond donors (Lipinski definition) is 2. The van der Waals surface area contributed by atoms with Crippen molar-refractivity contribution >= 4 is 17.8 Å². The monoisotopic (exact) mass is 327 g/mol. The fourth-order valence-electron chi connectivity index (χ4n) is 2.05. The number of hydrazone groups is 1. The van der Waals surface area contributed by atoms with E-state index in [1.54, 1.807) is 30.3 Å². The Morgan fingerprint density at radius 1 is 1.25 bits per heavy atom. The number of aromatic hydroxyl groups is 1. The van der Waals surface area contributed by atoms with E-state index in [4.69, 9.17) is 4.74 Å². The van der Waals surface area contributed by atoms with E-state index in [2.05, 4.69) is 10.5 Å². The van der Waals surface area contributed by atoms with Crippen LogP contribution < -0.4 is 15.1 Å². The van der Waals surface area contributed by atoms with Crippen LogP contribution in [0.15, 0.2) is 47.6 Å². The maximum Gasteiger partial charge on any atom is 0.271 e. The molecule has 0 saturated heterocycles. The zero-order valence-electron chi connectivity index (χ0n) is 14.0. The SMILES string of the molecule is CCOc1cccc(C=NNC(=O)c2ccc(N(C)C)cc2)c1O. The molecule has 24 heavy (non-hydrogen) atoms. The highest BCUT2D eigenvalue weighted by atomic mass is 16.5. The number of phenols is 1. The van der Waals surface area contributed by atoms with E-state index in [0.29, 0.717) is 23.5 Å². The number of nitrogens with zero attached hydrogens (tertiary/aromatic N) is 2. The van der Waals surface area contributed by atoms with Gasteiger partial charge in [0.2, 0.25) is 0 Å². The highest BCUT2D eigenvalue weighted by Crippen LogP contribution is 2.28. The van der Waals surface area contributed by atoms with E-state index in [9.17, 15) is 9.90 Å². The standard InChI is InChI=1S/C18H21N3O3/c1-4-24-16-7-5-6-14(17(16)22)12-19-20-18(23)13-8-10-15(11-9-13)21(2)3/h5-12,22H,4H2,1-3H3,(H,20,23). The molecule has 1 amide bonds. The number of carbonyl (C=O) groups is 1. The molecule has 6 nitrogen and oxygen atoms in total. The number of carbonyl (C=O) groups excluding carboxylic acids is 1. The van der Waals surface area contributed by atoms with Crippen LogP contribution in [0.25, 0.3) is 0 Å². The number of rotatable bonds is 6. The predicted octanol–water partition coefficient (Wildman–Crippen LogP) is 2.62. The number of ether oxygens (including phenoxy) is 1. The summed E-state index contributed by atoms with van der Waals surface area (Å²) >= 11 is 0. The zero-order valence-corrected chi connectivity index (χ0v) is 14.0. The fourth-order valence-corrected chi connectivity index (χ4v) is 2.05. The lowest BCUT2D eigenvalue weighted by molar-refractivity contribution is 0.0955. The van der Waals surface area contributed by atoms with E-state index in [0.717, 1.165) is 5.69 Å². The van der Waals surface area contributed by atoms with Gasteiger partial charge >= 0.3 is 0 Å². The molecule has 0 aliphatic carbocycles. The molecule has 0 spiro atoms. The zero-order chi connectivity index (χ0) is 17.5. The molecule has 0 unspecified atom stereocenters. The van der Waals surface area contributed by atoms with Gasteiger partial charge < -0.3 is 14.7 Å². The minimum Gasteiger partial charge on any atom is -0.504 e. The molecule has 0 saturated carbocycles. The van der Waals surface area contributed by atoms with Gasteiger partial charge in [0, 0.05) is 30.9 Å². The number of anilines is 1. The van der Waals surface area contributed by atoms with Gasteiger partial charge in [0.15, 0.2) is 11.5 Å². The van der Waals surface area contributed by atoms with Crippen molar-refractivity contribution < 1.29 is 14.6 Å². The summed E-state index contributed by atoms with van der Waals surface area (Å²) in [6, 6.07) is 12.3. The van der Waals surface area contributed by atoms with E-state index in [1.165, 1.54) is 6.21 Å². The maximum absolute atomic E-state index is 12.0. The van der Waals surface area contributed by atoms with Gasteiger partial charge in [-0.05, 0) is 43.3 Å². The first-order valence-electron chi connectivity index (χ1n) is 7.58. The van der Waals surface area contributed by atoms with Crippen LogP contribution in [0, 0.1) is 0 Å². The van der Waals surface area contributed by atoms with Crippen molar-refractivity contribution in [2.24, 2.45) is 5.10 Å². The summed E-state index contributed by atoms with van der Waals surface area (Å²) in [7, 11) is 3.87. The van der Waals surface area contributed by atoms with Crippen molar-refractivity contribution in [3.8, 4) is 11.5 Å². The van der Waals surface area contributed by atoms with Crippen LogP contribution in [0.2, 0.25) is 0 Å². The van der Waals surface area contributed by atoms with Crippen LogP contribution in [0.1, 0.15) is 22.8 Å². The minimum absolute atomic E-state index is 0.00677. The summed E-state index contributed by atoms with van der Waals surface area (Å²) in [6.45, 7) is 2.29. The topological polar surface area (TPSA) is 74.2 Å². The quantitative estimate of drug-likeness (QED) is 0.632. The summed E-state index contributed by atoms with van der Waals surface area (Å²) in [6.07, 6.45) is 1.38. The Bertz CT molecular complexity index is 725. The number of amides is 1. The lowest BCUT2D eigenvalue weighted by Gasteiger charge is -2.12. The molecule has 2 aromatic rings. The summed E-state index contributed by atoms with van der Waals surface area (Å²) in [4.78, 5) is 14.0. The number of para-hydroxylation sites is 1. The average Bonchev–Trinajstić information content (AvgIpc) is 2.58. The van der Waals surface area contributed by atoms with E-state index >= 15 is 0 Å². The first-order valence-corrected chi connectivity index (χ1v) is 7.58. The molecule has 2 N–H and O–H groups in total. The molecular weight excluding hydrogens is 306 g/mol. The van der Waals surface area contributed by atoms with Crippen LogP contribution in [-0.4, -0.2) is 37.9 Å². The van der Waals surface area contributed by atoms with Crippen molar-refractivity contribution in [2.45, 2.75) is 6.92 Å². The lowest BCUT2D eigenvalue weighted by Crippen LogP contribution is -2.18. The molecule has 0 aliphatic heterocycles. The molecule has 2 rings (SSSR count). The van der Waals surface area contributed by atoms with Gasteiger partial charge in [-0.25, -0.2) is 5.43 Å². The Hall–Kier alpha value is -3.02. The number of benzene rings is 2. The Morgan fingerprint density at radius 2 is 1.96 bits per heavy atom. The molecule has 6 heteroatoms. The van der Waals surface area contributed by atoms with Crippen molar-refractivity contribution in [3.05, 3.63) is 53.6 Å². The van der Waals surface area contributed by atoms with E-state index in [1.807, 2.05) is 38.1 Å². The first kappa shape index (κ1) is 17.3. The second kappa shape index (κ2) is 8.01. The van der Waals surface area contributed by atoms with Crippen LogP contribution in [0.3, 0.4) is 0 Å². The van der Waals surface area contributed by atoms with Crippen molar-refractivity contribution in [1.29, 1.82) is 0 Å². The van der Waals surface area contributed by atoms with Gasteiger partial charge in [-0.15, -0.1) is 0 Å². The molecule has 0 fully saturated rings. The fraction of sp³-hybridized carbons (Fsp3) is 0.222. The summed E-state index contributed by atoms with van der Waals surface area (Å²) < 4.78 is 5.30. The van der Waals surface area contributed by atoms with Crippen molar-refractivity contribution in [2.75, 3.05) is 25.6 Å². The largest absolute Gasteiger partial charge is 0.504 e. The highest BCUT2D eigenvalue weighted by molar-refractivity contribution is 5.95. The van der Waals surface area contributed by atoms with Crippen molar-refractivity contribution in [3.63, 3.8) is 0 Å². The third-order valence-corrected chi connectivity index (χ3v) is 3.35. The van der Waals surface area contributed by atoms with Gasteiger partial charge in [0.25, 0.3) is 5.91 Å². The second-order valence-corrected chi connectivity index (χ2v) is 5.27. The maximum atomic E-state index is 12.0. The Balaban J connectivity index is 2.03. The molecule has 126 valence electrons. The minimum atomic E-state index is -0.322. The third-order valence-electron chi connectivity index (χ3n) is 3.35.